The van der Waals surface area contributed by atoms with Crippen LogP contribution in [0.3, 0.4) is 0 Å². The summed E-state index contributed by atoms with van der Waals surface area (Å²) in [4.78, 5) is 20.0. The van der Waals surface area contributed by atoms with Gasteiger partial charge in [-0.25, -0.2) is 0 Å². The minimum Gasteiger partial charge on any atom is -0.310 e. The molecule has 0 unspecified atom stereocenters. The number of ketones is 1. The van der Waals surface area contributed by atoms with Gasteiger partial charge in [0.25, 0.3) is 0 Å². The zero-order valence-electron chi connectivity index (χ0n) is 16.7. The number of benzene rings is 4. The minimum absolute atomic E-state index is 0.0318. The molecule has 1 aliphatic rings. The molecule has 1 aromatic heterocycles. The third kappa shape index (κ3) is 2.67. The molecule has 0 bridgehead atoms. The number of fused-ring (bicyclic) bond motifs is 2. The number of nitrogens with zero attached hydrogens (tertiary/aromatic N) is 2. The lowest BCUT2D eigenvalue weighted by molar-refractivity contribution is 0.104. The van der Waals surface area contributed by atoms with Crippen LogP contribution in [-0.2, 0) is 0 Å². The normalized spacial score (nSPS) is 11.9. The lowest BCUT2D eigenvalue weighted by Crippen LogP contribution is -2.14. The lowest BCUT2D eigenvalue weighted by atomic mass is 9.85. The Hall–Kier alpha value is -4.24. The van der Waals surface area contributed by atoms with Crippen molar-refractivity contribution in [1.82, 2.24) is 4.98 Å². The molecule has 3 heteroatoms. The summed E-state index contributed by atoms with van der Waals surface area (Å²) in [6, 6.07) is 34.5. The molecule has 1 heterocycles. The Labute approximate surface area is 180 Å². The Morgan fingerprint density at radius 2 is 1.26 bits per heavy atom. The van der Waals surface area contributed by atoms with E-state index in [9.17, 15) is 4.79 Å². The molecule has 6 rings (SSSR count). The Kier molecular flexibility index (Phi) is 3.93. The molecule has 146 valence electrons. The highest BCUT2D eigenvalue weighted by Gasteiger charge is 2.28. The largest absolute Gasteiger partial charge is 0.310 e. The zero-order chi connectivity index (χ0) is 20.8. The third-order valence-electron chi connectivity index (χ3n) is 5.84. The van der Waals surface area contributed by atoms with Crippen molar-refractivity contribution in [2.75, 3.05) is 4.90 Å². The Morgan fingerprint density at radius 1 is 0.581 bits per heavy atom. The maximum Gasteiger partial charge on any atom is 0.195 e. The molecule has 0 saturated carbocycles. The van der Waals surface area contributed by atoms with Crippen LogP contribution in [0.1, 0.15) is 15.9 Å². The average molecular weight is 398 g/mol. The molecule has 5 aromatic rings. The molecule has 0 aliphatic heterocycles. The summed E-state index contributed by atoms with van der Waals surface area (Å²) < 4.78 is 0. The molecule has 0 amide bonds. The predicted molar refractivity (Wildman–Crippen MR) is 125 cm³/mol. The molecule has 0 spiro atoms. The van der Waals surface area contributed by atoms with Gasteiger partial charge in [-0.1, -0.05) is 54.6 Å². The highest BCUT2D eigenvalue weighted by atomic mass is 16.1. The summed E-state index contributed by atoms with van der Waals surface area (Å²) in [6.45, 7) is 0. The second-order valence-corrected chi connectivity index (χ2v) is 7.60. The molecule has 0 fully saturated rings. The molecule has 4 aromatic carbocycles. The Balaban J connectivity index is 1.68. The average Bonchev–Trinajstić information content (AvgIpc) is 2.84. The SMILES string of the molecule is O=C1c2cccnc2-c2cccc3c(N(c4ccccc4)c4ccccc4)ccc1c23. The van der Waals surface area contributed by atoms with Gasteiger partial charge in [-0.2, -0.15) is 0 Å². The van der Waals surface area contributed by atoms with Gasteiger partial charge >= 0.3 is 0 Å². The van der Waals surface area contributed by atoms with Crippen molar-refractivity contribution in [1.29, 1.82) is 0 Å². The molecule has 3 nitrogen and oxygen atoms in total. The molecule has 0 radical (unpaired) electrons. The predicted octanol–water partition coefficient (Wildman–Crippen LogP) is 6.92. The van der Waals surface area contributed by atoms with Crippen molar-refractivity contribution in [3.63, 3.8) is 0 Å². The second kappa shape index (κ2) is 6.92. The number of carbonyl (C=O) groups is 1. The van der Waals surface area contributed by atoms with E-state index in [2.05, 4.69) is 52.3 Å². The van der Waals surface area contributed by atoms with Crippen molar-refractivity contribution >= 4 is 33.6 Å². The molecule has 0 atom stereocenters. The lowest BCUT2D eigenvalue weighted by Gasteiger charge is -2.28. The van der Waals surface area contributed by atoms with Crippen LogP contribution >= 0.6 is 0 Å². The van der Waals surface area contributed by atoms with Crippen molar-refractivity contribution < 1.29 is 4.79 Å². The van der Waals surface area contributed by atoms with Crippen molar-refractivity contribution in [3.05, 3.63) is 120 Å². The maximum atomic E-state index is 13.3. The van der Waals surface area contributed by atoms with Gasteiger partial charge < -0.3 is 4.90 Å². The van der Waals surface area contributed by atoms with E-state index in [1.165, 1.54) is 0 Å². The first-order valence-corrected chi connectivity index (χ1v) is 10.3. The summed E-state index contributed by atoms with van der Waals surface area (Å²) in [5, 5.41) is 2.00. The summed E-state index contributed by atoms with van der Waals surface area (Å²) in [5.41, 5.74) is 6.32. The third-order valence-corrected chi connectivity index (χ3v) is 5.84. The fourth-order valence-corrected chi connectivity index (χ4v) is 4.50. The highest BCUT2D eigenvalue weighted by molar-refractivity contribution is 6.27. The zero-order valence-corrected chi connectivity index (χ0v) is 16.7. The fraction of sp³-hybridized carbons (Fsp3) is 0. The quantitative estimate of drug-likeness (QED) is 0.324. The van der Waals surface area contributed by atoms with E-state index < -0.39 is 0 Å². The number of carbonyl (C=O) groups excluding carboxylic acids is 1. The molecule has 0 N–H and O–H groups in total. The van der Waals surface area contributed by atoms with E-state index in [-0.39, 0.29) is 5.78 Å². The topological polar surface area (TPSA) is 33.2 Å². The van der Waals surface area contributed by atoms with E-state index in [0.29, 0.717) is 5.56 Å². The first kappa shape index (κ1) is 17.6. The van der Waals surface area contributed by atoms with E-state index in [0.717, 1.165) is 44.7 Å². The molecule has 0 saturated heterocycles. The minimum atomic E-state index is 0.0318. The van der Waals surface area contributed by atoms with E-state index in [1.54, 1.807) is 6.20 Å². The van der Waals surface area contributed by atoms with Gasteiger partial charge in [0.05, 0.1) is 11.4 Å². The van der Waals surface area contributed by atoms with Crippen molar-refractivity contribution in [2.45, 2.75) is 0 Å². The summed E-state index contributed by atoms with van der Waals surface area (Å²) >= 11 is 0. The first-order valence-electron chi connectivity index (χ1n) is 10.3. The van der Waals surface area contributed by atoms with E-state index in [4.69, 9.17) is 0 Å². The number of rotatable bonds is 3. The summed E-state index contributed by atoms with van der Waals surface area (Å²) in [6.07, 6.45) is 1.75. The fourth-order valence-electron chi connectivity index (χ4n) is 4.50. The molecule has 1 aliphatic carbocycles. The number of hydrogen-bond donors (Lipinski definition) is 0. The summed E-state index contributed by atoms with van der Waals surface area (Å²) in [7, 11) is 0. The number of para-hydroxylation sites is 2. The van der Waals surface area contributed by atoms with Crippen molar-refractivity contribution in [3.8, 4) is 11.3 Å². The van der Waals surface area contributed by atoms with Crippen molar-refractivity contribution in [2.24, 2.45) is 0 Å². The van der Waals surface area contributed by atoms with Crippen LogP contribution in [0.25, 0.3) is 22.0 Å². The standard InChI is InChI=1S/C28H18N2O/c31-28-23-16-17-25(30(19-9-3-1-4-10-19)20-11-5-2-6-12-20)21-13-7-14-22(26(21)23)27-24(28)15-8-18-29-27/h1-18H. The van der Waals surface area contributed by atoms with Crippen LogP contribution in [-0.4, -0.2) is 10.8 Å². The number of aromatic nitrogens is 1. The molecular formula is C28H18N2O. The van der Waals surface area contributed by atoms with Crippen LogP contribution in [0.2, 0.25) is 0 Å². The van der Waals surface area contributed by atoms with Crippen LogP contribution < -0.4 is 4.90 Å². The van der Waals surface area contributed by atoms with Gasteiger partial charge in [0.1, 0.15) is 0 Å². The first-order chi connectivity index (χ1) is 15.3. The number of pyridine rings is 1. The van der Waals surface area contributed by atoms with Gasteiger partial charge in [-0.3, -0.25) is 9.78 Å². The molecular weight excluding hydrogens is 380 g/mol. The maximum absolute atomic E-state index is 13.3. The van der Waals surface area contributed by atoms with Crippen LogP contribution in [0.5, 0.6) is 0 Å². The smallest absolute Gasteiger partial charge is 0.195 e. The van der Waals surface area contributed by atoms with E-state index >= 15 is 0 Å². The van der Waals surface area contributed by atoms with Gasteiger partial charge in [-0.05, 0) is 48.5 Å². The highest BCUT2D eigenvalue weighted by Crippen LogP contribution is 2.44. The number of anilines is 3. The van der Waals surface area contributed by atoms with E-state index in [1.807, 2.05) is 60.7 Å². The molecule has 31 heavy (non-hydrogen) atoms. The number of hydrogen-bond acceptors (Lipinski definition) is 3. The second-order valence-electron chi connectivity index (χ2n) is 7.60. The van der Waals surface area contributed by atoms with Gasteiger partial charge in [-0.15, -0.1) is 0 Å². The summed E-state index contributed by atoms with van der Waals surface area (Å²) in [5.74, 6) is 0.0318. The monoisotopic (exact) mass is 398 g/mol. The van der Waals surface area contributed by atoms with Gasteiger partial charge in [0.2, 0.25) is 0 Å². The van der Waals surface area contributed by atoms with Gasteiger partial charge in [0, 0.05) is 45.0 Å². The Morgan fingerprint density at radius 3 is 1.97 bits per heavy atom. The van der Waals surface area contributed by atoms with Crippen LogP contribution in [0, 0.1) is 0 Å². The Bertz CT molecular complexity index is 1400. The van der Waals surface area contributed by atoms with Gasteiger partial charge in [0.15, 0.2) is 5.78 Å². The van der Waals surface area contributed by atoms with Crippen LogP contribution in [0.4, 0.5) is 17.1 Å². The van der Waals surface area contributed by atoms with Crippen LogP contribution in [0.15, 0.2) is 109 Å².